The van der Waals surface area contributed by atoms with E-state index >= 15 is 0 Å². The van der Waals surface area contributed by atoms with Gasteiger partial charge in [0.1, 0.15) is 0 Å². The molecule has 1 fully saturated rings. The average molecular weight is 218 g/mol. The molecular formula is C4H12O6P2+2. The highest BCUT2D eigenvalue weighted by atomic mass is 31.1. The van der Waals surface area contributed by atoms with Crippen molar-refractivity contribution >= 4 is 16.5 Å². The fraction of sp³-hybridized carbons (Fsp3) is 1.00. The van der Waals surface area contributed by atoms with E-state index in [4.69, 9.17) is 28.7 Å². The largest absolute Gasteiger partial charge is 0.692 e. The van der Waals surface area contributed by atoms with Crippen molar-refractivity contribution in [2.75, 3.05) is 0 Å². The third-order valence-corrected chi connectivity index (χ3v) is 1.000. The van der Waals surface area contributed by atoms with Gasteiger partial charge < -0.3 is 0 Å². The molecule has 0 heterocycles. The first-order valence-electron chi connectivity index (χ1n) is 3.17. The minimum absolute atomic E-state index is 1.50. The van der Waals surface area contributed by atoms with Crippen LogP contribution in [-0.4, -0.2) is 19.6 Å². The van der Waals surface area contributed by atoms with E-state index in [2.05, 4.69) is 0 Å². The van der Waals surface area contributed by atoms with Crippen LogP contribution in [0.15, 0.2) is 0 Å². The Hall–Kier alpha value is 0.0400. The van der Waals surface area contributed by atoms with E-state index in [-0.39, 0.29) is 0 Å². The van der Waals surface area contributed by atoms with Crippen LogP contribution in [-0.2, 0) is 9.13 Å². The van der Waals surface area contributed by atoms with Gasteiger partial charge in [0.15, 0.2) is 0 Å². The second-order valence-corrected chi connectivity index (χ2v) is 2.93. The summed E-state index contributed by atoms with van der Waals surface area (Å²) in [5.41, 5.74) is 0. The molecule has 1 rings (SSSR count). The molecule has 0 atom stereocenters. The van der Waals surface area contributed by atoms with Crippen LogP contribution >= 0.6 is 16.5 Å². The first kappa shape index (κ1) is 14.6. The van der Waals surface area contributed by atoms with Crippen molar-refractivity contribution < 1.29 is 28.7 Å². The molecule has 0 aliphatic heterocycles. The maximum Gasteiger partial charge on any atom is 0.692 e. The van der Waals surface area contributed by atoms with Gasteiger partial charge in [-0.25, -0.2) is 0 Å². The Morgan fingerprint density at radius 3 is 0.750 bits per heavy atom. The summed E-state index contributed by atoms with van der Waals surface area (Å²) in [5.74, 6) is 0. The standard InChI is InChI=1S/C4H8.2HO3P/c1-2-4-3-1;2*1-4(2)3/h1-4H2;2*(H-,1,2,3)/p+2. The molecule has 1 aliphatic rings. The summed E-state index contributed by atoms with van der Waals surface area (Å²) >= 11 is 0. The van der Waals surface area contributed by atoms with E-state index < -0.39 is 16.5 Å². The Labute approximate surface area is 71.8 Å². The molecular weight excluding hydrogens is 206 g/mol. The van der Waals surface area contributed by atoms with Crippen molar-refractivity contribution in [3.8, 4) is 0 Å². The zero-order valence-corrected chi connectivity index (χ0v) is 8.12. The third kappa shape index (κ3) is 50.3. The molecule has 0 aromatic heterocycles. The summed E-state index contributed by atoms with van der Waals surface area (Å²) in [6.07, 6.45) is 6.00. The van der Waals surface area contributed by atoms with Crippen LogP contribution in [0, 0.1) is 0 Å². The van der Waals surface area contributed by atoms with E-state index in [1.807, 2.05) is 0 Å². The van der Waals surface area contributed by atoms with E-state index in [1.54, 1.807) is 0 Å². The van der Waals surface area contributed by atoms with E-state index in [0.29, 0.717) is 0 Å². The van der Waals surface area contributed by atoms with Gasteiger partial charge >= 0.3 is 16.5 Å². The lowest BCUT2D eigenvalue weighted by Crippen LogP contribution is -1.85. The van der Waals surface area contributed by atoms with Crippen molar-refractivity contribution in [3.05, 3.63) is 0 Å². The maximum atomic E-state index is 8.70. The average Bonchev–Trinajstić information content (AvgIpc) is 1.50. The quantitative estimate of drug-likeness (QED) is 0.447. The highest BCUT2D eigenvalue weighted by molar-refractivity contribution is 7.31. The van der Waals surface area contributed by atoms with Crippen molar-refractivity contribution in [2.24, 2.45) is 0 Å². The molecule has 1 aliphatic carbocycles. The van der Waals surface area contributed by atoms with Crippen molar-refractivity contribution in [1.29, 1.82) is 0 Å². The number of hydrogen-bond donors (Lipinski definition) is 4. The summed E-state index contributed by atoms with van der Waals surface area (Å²) < 4.78 is 17.4. The Morgan fingerprint density at radius 2 is 0.750 bits per heavy atom. The monoisotopic (exact) mass is 218 g/mol. The predicted molar refractivity (Wildman–Crippen MR) is 42.6 cm³/mol. The molecule has 72 valence electrons. The van der Waals surface area contributed by atoms with Crippen LogP contribution in [0.5, 0.6) is 0 Å². The number of rotatable bonds is 0. The van der Waals surface area contributed by atoms with Crippen LogP contribution in [0.2, 0.25) is 0 Å². The Balaban J connectivity index is 0. The second kappa shape index (κ2) is 11.0. The summed E-state index contributed by atoms with van der Waals surface area (Å²) in [7, 11) is -5.74. The van der Waals surface area contributed by atoms with Gasteiger partial charge in [0, 0.05) is 9.13 Å². The summed E-state index contributed by atoms with van der Waals surface area (Å²) in [4.78, 5) is 28.5. The molecule has 0 aromatic carbocycles. The molecule has 0 spiro atoms. The molecule has 8 heteroatoms. The smallest absolute Gasteiger partial charge is 0.134 e. The van der Waals surface area contributed by atoms with Gasteiger partial charge in [0.2, 0.25) is 0 Å². The van der Waals surface area contributed by atoms with Crippen LogP contribution in [0.25, 0.3) is 0 Å². The SMILES string of the molecule is C1CCC1.O=[P+](O)O.O=[P+](O)O. The topological polar surface area (TPSA) is 115 Å². The van der Waals surface area contributed by atoms with E-state index in [0.717, 1.165) is 0 Å². The van der Waals surface area contributed by atoms with Crippen molar-refractivity contribution in [1.82, 2.24) is 0 Å². The maximum absolute atomic E-state index is 8.70. The lowest BCUT2D eigenvalue weighted by atomic mass is 10.0. The molecule has 0 bridgehead atoms. The van der Waals surface area contributed by atoms with Crippen LogP contribution in [0.3, 0.4) is 0 Å². The van der Waals surface area contributed by atoms with Crippen LogP contribution in [0.4, 0.5) is 0 Å². The highest BCUT2D eigenvalue weighted by Gasteiger charge is 1.95. The fourth-order valence-corrected chi connectivity index (χ4v) is 0.250. The highest BCUT2D eigenvalue weighted by Crippen LogP contribution is 2.15. The Kier molecular flexibility index (Phi) is 13.4. The second-order valence-electron chi connectivity index (χ2n) is 1.92. The van der Waals surface area contributed by atoms with Gasteiger partial charge in [-0.2, -0.15) is 0 Å². The third-order valence-electron chi connectivity index (χ3n) is 1.000. The molecule has 0 radical (unpaired) electrons. The zero-order chi connectivity index (χ0) is 9.98. The minimum Gasteiger partial charge on any atom is -0.134 e. The molecule has 1 saturated carbocycles. The molecule has 0 unspecified atom stereocenters. The molecule has 0 amide bonds. The molecule has 12 heavy (non-hydrogen) atoms. The fourth-order valence-electron chi connectivity index (χ4n) is 0.250. The van der Waals surface area contributed by atoms with Gasteiger partial charge in [-0.05, 0) is 0 Å². The summed E-state index contributed by atoms with van der Waals surface area (Å²) in [6.45, 7) is 0. The van der Waals surface area contributed by atoms with Crippen LogP contribution in [0.1, 0.15) is 25.7 Å². The molecule has 0 saturated heterocycles. The van der Waals surface area contributed by atoms with Crippen LogP contribution < -0.4 is 0 Å². The minimum atomic E-state index is -2.87. The number of hydrogen-bond acceptors (Lipinski definition) is 2. The predicted octanol–water partition coefficient (Wildman–Crippen LogP) is 0.817. The first-order chi connectivity index (χ1) is 5.46. The van der Waals surface area contributed by atoms with Crippen molar-refractivity contribution in [2.45, 2.75) is 25.7 Å². The zero-order valence-electron chi connectivity index (χ0n) is 6.33. The molecule has 4 N–H and O–H groups in total. The van der Waals surface area contributed by atoms with Gasteiger partial charge in [0.25, 0.3) is 0 Å². The first-order valence-corrected chi connectivity index (χ1v) is 5.50. The summed E-state index contributed by atoms with van der Waals surface area (Å²) in [5, 5.41) is 0. The Bertz CT molecular complexity index is 110. The van der Waals surface area contributed by atoms with Gasteiger partial charge in [0.05, 0.1) is 0 Å². The molecule has 0 aromatic rings. The van der Waals surface area contributed by atoms with Gasteiger partial charge in [-0.15, -0.1) is 19.6 Å². The lowest BCUT2D eigenvalue weighted by Gasteiger charge is -2.05. The van der Waals surface area contributed by atoms with Gasteiger partial charge in [-0.1, -0.05) is 25.7 Å². The Morgan fingerprint density at radius 1 is 0.667 bits per heavy atom. The lowest BCUT2D eigenvalue weighted by molar-refractivity contribution is 0.403. The van der Waals surface area contributed by atoms with Crippen molar-refractivity contribution in [3.63, 3.8) is 0 Å². The van der Waals surface area contributed by atoms with Gasteiger partial charge in [-0.3, -0.25) is 0 Å². The molecule has 6 nitrogen and oxygen atoms in total. The van der Waals surface area contributed by atoms with E-state index in [1.165, 1.54) is 25.7 Å². The van der Waals surface area contributed by atoms with E-state index in [9.17, 15) is 0 Å². The summed E-state index contributed by atoms with van der Waals surface area (Å²) in [6, 6.07) is 0. The normalized spacial score (nSPS) is 12.3.